The van der Waals surface area contributed by atoms with Gasteiger partial charge in [0.05, 0.1) is 0 Å². The minimum atomic E-state index is -0.327. The molecular weight excluding hydrogens is 257 g/mol. The fourth-order valence-electron chi connectivity index (χ4n) is 2.80. The molecule has 0 unspecified atom stereocenters. The molecule has 4 heteroatoms. The van der Waals surface area contributed by atoms with Crippen molar-refractivity contribution >= 4 is 11.7 Å². The van der Waals surface area contributed by atoms with Gasteiger partial charge in [-0.1, -0.05) is 0 Å². The summed E-state index contributed by atoms with van der Waals surface area (Å²) >= 11 is 0. The first kappa shape index (κ1) is 13.3. The molecule has 1 aliphatic heterocycles. The Kier molecular flexibility index (Phi) is 3.55. The summed E-state index contributed by atoms with van der Waals surface area (Å²) in [6.07, 6.45) is 3.48. The maximum Gasteiger partial charge on any atom is 0.225 e. The molecule has 0 N–H and O–H groups in total. The summed E-state index contributed by atoms with van der Waals surface area (Å²) in [6.45, 7) is 1.35. The number of piperidine rings is 1. The van der Waals surface area contributed by atoms with Gasteiger partial charge in [0.2, 0.25) is 5.91 Å². The molecule has 0 atom stereocenters. The SMILES string of the molecule is O=C(c1ccc(F)cc1)C1CCN(C(=O)C2CC2)CC1. The second-order valence-corrected chi connectivity index (χ2v) is 5.74. The van der Waals surface area contributed by atoms with Crippen molar-refractivity contribution in [2.75, 3.05) is 13.1 Å². The van der Waals surface area contributed by atoms with Crippen LogP contribution < -0.4 is 0 Å². The summed E-state index contributed by atoms with van der Waals surface area (Å²) in [4.78, 5) is 26.1. The van der Waals surface area contributed by atoms with Crippen molar-refractivity contribution in [1.82, 2.24) is 4.90 Å². The predicted octanol–water partition coefficient (Wildman–Crippen LogP) is 2.66. The smallest absolute Gasteiger partial charge is 0.225 e. The van der Waals surface area contributed by atoms with Crippen LogP contribution in [0.4, 0.5) is 4.39 Å². The number of nitrogens with zero attached hydrogens (tertiary/aromatic N) is 1. The van der Waals surface area contributed by atoms with E-state index in [-0.39, 0.29) is 29.3 Å². The van der Waals surface area contributed by atoms with Crippen molar-refractivity contribution in [3.05, 3.63) is 35.6 Å². The number of amides is 1. The molecule has 0 aromatic heterocycles. The van der Waals surface area contributed by atoms with Crippen molar-refractivity contribution in [2.24, 2.45) is 11.8 Å². The Morgan fingerprint density at radius 1 is 0.950 bits per heavy atom. The Bertz CT molecular complexity index is 514. The lowest BCUT2D eigenvalue weighted by Gasteiger charge is -2.31. The molecule has 1 heterocycles. The van der Waals surface area contributed by atoms with Gasteiger partial charge >= 0.3 is 0 Å². The van der Waals surface area contributed by atoms with Crippen LogP contribution in [0.5, 0.6) is 0 Å². The number of ketones is 1. The highest BCUT2D eigenvalue weighted by Gasteiger charge is 2.36. The van der Waals surface area contributed by atoms with Gasteiger partial charge in [-0.15, -0.1) is 0 Å². The van der Waals surface area contributed by atoms with E-state index in [4.69, 9.17) is 0 Å². The minimum absolute atomic E-state index is 0.0382. The molecule has 1 aromatic carbocycles. The predicted molar refractivity (Wildman–Crippen MR) is 72.8 cm³/mol. The van der Waals surface area contributed by atoms with Crippen LogP contribution in [0.25, 0.3) is 0 Å². The molecule has 1 aliphatic carbocycles. The normalized spacial score (nSPS) is 19.9. The Hall–Kier alpha value is -1.71. The quantitative estimate of drug-likeness (QED) is 0.795. The topological polar surface area (TPSA) is 37.4 Å². The zero-order valence-corrected chi connectivity index (χ0v) is 11.3. The van der Waals surface area contributed by atoms with Crippen LogP contribution in [0.3, 0.4) is 0 Å². The van der Waals surface area contributed by atoms with Crippen molar-refractivity contribution in [2.45, 2.75) is 25.7 Å². The van der Waals surface area contributed by atoms with Gasteiger partial charge in [-0.25, -0.2) is 4.39 Å². The molecule has 20 heavy (non-hydrogen) atoms. The van der Waals surface area contributed by atoms with E-state index in [9.17, 15) is 14.0 Å². The average molecular weight is 275 g/mol. The Balaban J connectivity index is 1.58. The van der Waals surface area contributed by atoms with Gasteiger partial charge in [-0.3, -0.25) is 9.59 Å². The first-order valence-corrected chi connectivity index (χ1v) is 7.24. The van der Waals surface area contributed by atoms with Crippen molar-refractivity contribution in [3.63, 3.8) is 0 Å². The van der Waals surface area contributed by atoms with Crippen LogP contribution in [0.2, 0.25) is 0 Å². The lowest BCUT2D eigenvalue weighted by molar-refractivity contribution is -0.133. The Morgan fingerprint density at radius 2 is 1.55 bits per heavy atom. The van der Waals surface area contributed by atoms with Gasteiger partial charge in [-0.2, -0.15) is 0 Å². The van der Waals surface area contributed by atoms with Crippen LogP contribution in [0.15, 0.2) is 24.3 Å². The van der Waals surface area contributed by atoms with Gasteiger partial charge in [-0.05, 0) is 49.9 Å². The largest absolute Gasteiger partial charge is 0.342 e. The van der Waals surface area contributed by atoms with Gasteiger partial charge < -0.3 is 4.90 Å². The lowest BCUT2D eigenvalue weighted by atomic mass is 9.89. The zero-order chi connectivity index (χ0) is 14.1. The molecule has 1 saturated carbocycles. The molecule has 0 radical (unpaired) electrons. The average Bonchev–Trinajstić information content (AvgIpc) is 3.31. The van der Waals surface area contributed by atoms with E-state index < -0.39 is 0 Å². The summed E-state index contributed by atoms with van der Waals surface area (Å²) < 4.78 is 12.9. The third kappa shape index (κ3) is 2.74. The maximum absolute atomic E-state index is 12.9. The number of likely N-dealkylation sites (tertiary alicyclic amines) is 1. The monoisotopic (exact) mass is 275 g/mol. The molecule has 1 aromatic rings. The number of hydrogen-bond acceptors (Lipinski definition) is 2. The number of halogens is 1. The van der Waals surface area contributed by atoms with E-state index in [1.165, 1.54) is 12.1 Å². The third-order valence-corrected chi connectivity index (χ3v) is 4.23. The number of benzene rings is 1. The summed E-state index contributed by atoms with van der Waals surface area (Å²) in [6, 6.07) is 5.72. The first-order valence-electron chi connectivity index (χ1n) is 7.24. The molecule has 1 amide bonds. The number of rotatable bonds is 3. The minimum Gasteiger partial charge on any atom is -0.342 e. The highest BCUT2D eigenvalue weighted by molar-refractivity contribution is 5.98. The van der Waals surface area contributed by atoms with E-state index in [0.29, 0.717) is 31.5 Å². The molecular formula is C16H18FNO2. The van der Waals surface area contributed by atoms with E-state index in [1.807, 2.05) is 4.90 Å². The Morgan fingerprint density at radius 3 is 2.10 bits per heavy atom. The van der Waals surface area contributed by atoms with Crippen molar-refractivity contribution < 1.29 is 14.0 Å². The second kappa shape index (κ2) is 5.35. The van der Waals surface area contributed by atoms with Gasteiger partial charge in [0.15, 0.2) is 5.78 Å². The molecule has 0 spiro atoms. The van der Waals surface area contributed by atoms with Gasteiger partial charge in [0.25, 0.3) is 0 Å². The summed E-state index contributed by atoms with van der Waals surface area (Å²) in [5.74, 6) is 0.218. The third-order valence-electron chi connectivity index (χ3n) is 4.23. The van der Waals surface area contributed by atoms with Crippen molar-refractivity contribution in [3.8, 4) is 0 Å². The van der Waals surface area contributed by atoms with Crippen LogP contribution in [0.1, 0.15) is 36.0 Å². The van der Waals surface area contributed by atoms with Crippen LogP contribution in [-0.2, 0) is 4.79 Å². The van der Waals surface area contributed by atoms with E-state index in [0.717, 1.165) is 12.8 Å². The molecule has 3 rings (SSSR count). The standard InChI is InChI=1S/C16H18FNO2/c17-14-5-3-11(4-6-14)15(19)12-7-9-18(10-8-12)16(20)13-1-2-13/h3-6,12-13H,1-2,7-10H2. The Labute approximate surface area is 117 Å². The fourth-order valence-corrected chi connectivity index (χ4v) is 2.80. The first-order chi connectivity index (χ1) is 9.65. The van der Waals surface area contributed by atoms with Gasteiger partial charge in [0.1, 0.15) is 5.82 Å². The number of Topliss-reactive ketones (excluding diaryl/α,β-unsaturated/α-hetero) is 1. The van der Waals surface area contributed by atoms with Gasteiger partial charge in [0, 0.05) is 30.5 Å². The molecule has 1 saturated heterocycles. The van der Waals surface area contributed by atoms with Crippen LogP contribution in [-0.4, -0.2) is 29.7 Å². The number of hydrogen-bond donors (Lipinski definition) is 0. The van der Waals surface area contributed by atoms with E-state index in [1.54, 1.807) is 12.1 Å². The number of carbonyl (C=O) groups excluding carboxylic acids is 2. The summed E-state index contributed by atoms with van der Waals surface area (Å²) in [5.41, 5.74) is 0.568. The highest BCUT2D eigenvalue weighted by atomic mass is 19.1. The van der Waals surface area contributed by atoms with Crippen LogP contribution in [0, 0.1) is 17.7 Å². The zero-order valence-electron chi connectivity index (χ0n) is 11.3. The fraction of sp³-hybridized carbons (Fsp3) is 0.500. The van der Waals surface area contributed by atoms with Crippen molar-refractivity contribution in [1.29, 1.82) is 0 Å². The highest BCUT2D eigenvalue weighted by Crippen LogP contribution is 2.32. The van der Waals surface area contributed by atoms with E-state index in [2.05, 4.69) is 0 Å². The lowest BCUT2D eigenvalue weighted by Crippen LogP contribution is -2.41. The molecule has 2 fully saturated rings. The maximum atomic E-state index is 12.9. The van der Waals surface area contributed by atoms with E-state index >= 15 is 0 Å². The number of carbonyl (C=O) groups is 2. The molecule has 106 valence electrons. The summed E-state index contributed by atoms with van der Waals surface area (Å²) in [5, 5.41) is 0. The molecule has 2 aliphatic rings. The van der Waals surface area contributed by atoms with Crippen LogP contribution >= 0.6 is 0 Å². The molecule has 0 bridgehead atoms. The molecule has 3 nitrogen and oxygen atoms in total. The summed E-state index contributed by atoms with van der Waals surface area (Å²) in [7, 11) is 0. The second-order valence-electron chi connectivity index (χ2n) is 5.74.